The molecule has 1 aliphatic rings. The molecule has 0 saturated heterocycles. The fourth-order valence-corrected chi connectivity index (χ4v) is 2.34. The van der Waals surface area contributed by atoms with Crippen LogP contribution < -0.4 is 5.32 Å². The number of hydrogen-bond acceptors (Lipinski definition) is 4. The van der Waals surface area contributed by atoms with Gasteiger partial charge in [-0.05, 0) is 13.0 Å². The first-order valence-electron chi connectivity index (χ1n) is 7.55. The Morgan fingerprint density at radius 2 is 1.79 bits per heavy atom. The van der Waals surface area contributed by atoms with Gasteiger partial charge in [-0.15, -0.1) is 0 Å². The molecule has 0 aromatic carbocycles. The van der Waals surface area contributed by atoms with E-state index in [0.29, 0.717) is 0 Å². The second-order valence-electron chi connectivity index (χ2n) is 5.23. The maximum Gasteiger partial charge on any atom is 0.159 e. The van der Waals surface area contributed by atoms with E-state index >= 15 is 0 Å². The summed E-state index contributed by atoms with van der Waals surface area (Å²) in [7, 11) is 0. The number of nitrogens with zero attached hydrogens (tertiary/aromatic N) is 1. The molecule has 0 saturated carbocycles. The molecule has 0 aromatic rings. The van der Waals surface area contributed by atoms with Crippen LogP contribution >= 0.6 is 0 Å². The van der Waals surface area contributed by atoms with Crippen LogP contribution in [-0.4, -0.2) is 35.3 Å². The highest BCUT2D eigenvalue weighted by molar-refractivity contribution is 5.67. The van der Waals surface area contributed by atoms with Gasteiger partial charge in [-0.3, -0.25) is 4.99 Å². The van der Waals surface area contributed by atoms with Crippen molar-refractivity contribution in [2.24, 2.45) is 10.9 Å². The molecule has 0 aliphatic carbocycles. The second-order valence-corrected chi connectivity index (χ2v) is 5.23. The van der Waals surface area contributed by atoms with Gasteiger partial charge in [0, 0.05) is 18.3 Å². The lowest BCUT2D eigenvalue weighted by Crippen LogP contribution is -2.43. The quantitative estimate of drug-likeness (QED) is 0.420. The van der Waals surface area contributed by atoms with Crippen molar-refractivity contribution in [2.75, 3.05) is 6.54 Å². The molecular formula is C15H28N2O2. The molecule has 2 atom stereocenters. The number of rotatable bonds is 10. The highest BCUT2D eigenvalue weighted by Crippen LogP contribution is 2.13. The van der Waals surface area contributed by atoms with E-state index in [1.165, 1.54) is 38.5 Å². The Morgan fingerprint density at radius 1 is 1.11 bits per heavy atom. The minimum Gasteiger partial charge on any atom is -0.368 e. The summed E-state index contributed by atoms with van der Waals surface area (Å²) in [5, 5.41) is 21.9. The van der Waals surface area contributed by atoms with Crippen molar-refractivity contribution < 1.29 is 10.2 Å². The number of aliphatic hydroxyl groups is 2. The number of unbranched alkanes of at least 4 members (excludes halogenated alkanes) is 6. The first-order chi connectivity index (χ1) is 9.25. The van der Waals surface area contributed by atoms with Crippen LogP contribution in [-0.2, 0) is 0 Å². The van der Waals surface area contributed by atoms with Gasteiger partial charge in [-0.2, -0.15) is 0 Å². The summed E-state index contributed by atoms with van der Waals surface area (Å²) in [5.41, 5.74) is 0. The smallest absolute Gasteiger partial charge is 0.159 e. The lowest BCUT2D eigenvalue weighted by Gasteiger charge is -2.25. The molecule has 110 valence electrons. The van der Waals surface area contributed by atoms with Crippen LogP contribution in [0.3, 0.4) is 0 Å². The third-order valence-corrected chi connectivity index (χ3v) is 3.56. The minimum atomic E-state index is -1.32. The van der Waals surface area contributed by atoms with E-state index in [2.05, 4.69) is 17.2 Å². The summed E-state index contributed by atoms with van der Waals surface area (Å²) in [6.07, 6.45) is 12.8. The number of aliphatic imine (C=N–C) groups is 1. The Balaban J connectivity index is 2.05. The van der Waals surface area contributed by atoms with E-state index in [9.17, 15) is 10.2 Å². The van der Waals surface area contributed by atoms with Gasteiger partial charge in [-0.1, -0.05) is 51.5 Å². The van der Waals surface area contributed by atoms with Crippen molar-refractivity contribution in [2.45, 2.75) is 64.2 Å². The van der Waals surface area contributed by atoms with Crippen LogP contribution in [0.1, 0.15) is 51.9 Å². The summed E-state index contributed by atoms with van der Waals surface area (Å²) in [4.78, 5) is 4.05. The summed E-state index contributed by atoms with van der Waals surface area (Å²) in [6, 6.07) is -0.0647. The molecule has 0 bridgehead atoms. The Kier molecular flexibility index (Phi) is 8.71. The van der Waals surface area contributed by atoms with Gasteiger partial charge in [0.2, 0.25) is 0 Å². The fraction of sp³-hybridized carbons (Fsp3) is 0.800. The van der Waals surface area contributed by atoms with Crippen LogP contribution in [0.25, 0.3) is 0 Å². The Morgan fingerprint density at radius 3 is 2.47 bits per heavy atom. The molecule has 0 amide bonds. The maximum atomic E-state index is 9.27. The molecule has 1 aliphatic heterocycles. The Hall–Kier alpha value is -0.710. The summed E-state index contributed by atoms with van der Waals surface area (Å²) < 4.78 is 0. The van der Waals surface area contributed by atoms with Crippen molar-refractivity contribution in [3.63, 3.8) is 0 Å². The van der Waals surface area contributed by atoms with Crippen molar-refractivity contribution >= 4 is 6.21 Å². The van der Waals surface area contributed by atoms with Crippen LogP contribution in [0, 0.1) is 5.92 Å². The minimum absolute atomic E-state index is 0.0647. The molecule has 1 heterocycles. The van der Waals surface area contributed by atoms with E-state index in [0.717, 1.165) is 13.0 Å². The molecule has 0 aromatic heterocycles. The maximum absolute atomic E-state index is 9.27. The van der Waals surface area contributed by atoms with Crippen LogP contribution in [0.2, 0.25) is 0 Å². The zero-order valence-corrected chi connectivity index (χ0v) is 12.0. The van der Waals surface area contributed by atoms with Crippen LogP contribution in [0.5, 0.6) is 0 Å². The van der Waals surface area contributed by atoms with Gasteiger partial charge < -0.3 is 15.5 Å². The lowest BCUT2D eigenvalue weighted by atomic mass is 9.98. The molecule has 0 fully saturated rings. The average molecular weight is 268 g/mol. The number of aliphatic hydroxyl groups excluding tert-OH is 1. The normalized spacial score (nSPS) is 22.3. The monoisotopic (exact) mass is 268 g/mol. The van der Waals surface area contributed by atoms with Gasteiger partial charge in [0.05, 0.1) is 6.04 Å². The standard InChI is InChI=1S/C15H28N2O2/c1-2-3-4-5-6-7-8-10-17-14-12-16-11-9-13(14)15(18)19/h9,11-15,17-19H,2-8,10H2,1H3. The van der Waals surface area contributed by atoms with Crippen LogP contribution in [0.15, 0.2) is 17.3 Å². The van der Waals surface area contributed by atoms with E-state index in [4.69, 9.17) is 0 Å². The molecule has 0 radical (unpaired) electrons. The molecule has 4 nitrogen and oxygen atoms in total. The van der Waals surface area contributed by atoms with E-state index in [1.807, 2.05) is 0 Å². The Bertz CT molecular complexity index is 277. The largest absolute Gasteiger partial charge is 0.368 e. The predicted octanol–water partition coefficient (Wildman–Crippen LogP) is 2.22. The predicted molar refractivity (Wildman–Crippen MR) is 79.1 cm³/mol. The zero-order valence-electron chi connectivity index (χ0n) is 12.0. The number of nitrogens with one attached hydrogen (secondary N) is 1. The third kappa shape index (κ3) is 6.85. The topological polar surface area (TPSA) is 64.9 Å². The Labute approximate surface area is 116 Å². The van der Waals surface area contributed by atoms with Gasteiger partial charge in [0.25, 0.3) is 0 Å². The van der Waals surface area contributed by atoms with Crippen molar-refractivity contribution in [1.29, 1.82) is 0 Å². The summed E-state index contributed by atoms with van der Waals surface area (Å²) >= 11 is 0. The average Bonchev–Trinajstić information content (AvgIpc) is 2.42. The second kappa shape index (κ2) is 10.1. The first kappa shape index (κ1) is 16.3. The highest BCUT2D eigenvalue weighted by Gasteiger charge is 2.24. The van der Waals surface area contributed by atoms with Crippen molar-refractivity contribution in [3.8, 4) is 0 Å². The number of hydrogen-bond donors (Lipinski definition) is 3. The fourth-order valence-electron chi connectivity index (χ4n) is 2.34. The van der Waals surface area contributed by atoms with Crippen LogP contribution in [0.4, 0.5) is 0 Å². The van der Waals surface area contributed by atoms with E-state index in [1.54, 1.807) is 18.5 Å². The molecule has 19 heavy (non-hydrogen) atoms. The highest BCUT2D eigenvalue weighted by atomic mass is 16.5. The summed E-state index contributed by atoms with van der Waals surface area (Å²) in [5.74, 6) is -0.290. The third-order valence-electron chi connectivity index (χ3n) is 3.56. The van der Waals surface area contributed by atoms with Gasteiger partial charge in [0.15, 0.2) is 6.29 Å². The summed E-state index contributed by atoms with van der Waals surface area (Å²) in [6.45, 7) is 3.14. The SMILES string of the molecule is CCCCCCCCCNC1C=NC=CC1C(O)O. The lowest BCUT2D eigenvalue weighted by molar-refractivity contribution is -0.0735. The van der Waals surface area contributed by atoms with Crippen molar-refractivity contribution in [3.05, 3.63) is 12.3 Å². The van der Waals surface area contributed by atoms with Crippen molar-refractivity contribution in [1.82, 2.24) is 5.32 Å². The molecular weight excluding hydrogens is 240 g/mol. The van der Waals surface area contributed by atoms with Gasteiger partial charge in [0.1, 0.15) is 0 Å². The van der Waals surface area contributed by atoms with Gasteiger partial charge in [-0.25, -0.2) is 0 Å². The zero-order chi connectivity index (χ0) is 13.9. The molecule has 4 heteroatoms. The van der Waals surface area contributed by atoms with E-state index in [-0.39, 0.29) is 12.0 Å². The van der Waals surface area contributed by atoms with E-state index < -0.39 is 6.29 Å². The molecule has 3 N–H and O–H groups in total. The van der Waals surface area contributed by atoms with Gasteiger partial charge >= 0.3 is 0 Å². The molecule has 2 unspecified atom stereocenters. The molecule has 1 rings (SSSR count). The molecule has 0 spiro atoms. The first-order valence-corrected chi connectivity index (χ1v) is 7.55.